The second-order valence-electron chi connectivity index (χ2n) is 2.25. The van der Waals surface area contributed by atoms with Crippen LogP contribution in [0.1, 0.15) is 6.92 Å². The van der Waals surface area contributed by atoms with Crippen LogP contribution in [0.4, 0.5) is 5.69 Å². The molecule has 1 aromatic rings. The highest BCUT2D eigenvalue weighted by atomic mass is 32.2. The summed E-state index contributed by atoms with van der Waals surface area (Å²) in [5.74, 6) is 1.74. The van der Waals surface area contributed by atoms with Crippen LogP contribution >= 0.6 is 24.3 Å². The summed E-state index contributed by atoms with van der Waals surface area (Å²) in [6, 6.07) is 7.70. The molecular weight excluding hydrogens is 202 g/mol. The molecule has 0 heterocycles. The number of hydrogen-bond acceptors (Lipinski definition) is 3. The van der Waals surface area contributed by atoms with Gasteiger partial charge in [-0.15, -0.1) is 0 Å². The lowest BCUT2D eigenvalue weighted by Gasteiger charge is -2.07. The molecule has 0 fully saturated rings. The van der Waals surface area contributed by atoms with Gasteiger partial charge in [0.25, 0.3) is 0 Å². The maximum absolute atomic E-state index is 5.43. The van der Waals surface area contributed by atoms with Gasteiger partial charge in [0, 0.05) is 5.75 Å². The maximum Gasteiger partial charge on any atom is 0.160 e. The van der Waals surface area contributed by atoms with Gasteiger partial charge in [0.05, 0.1) is 23.2 Å². The van der Waals surface area contributed by atoms with Gasteiger partial charge in [-0.2, -0.15) is 0 Å². The minimum absolute atomic E-state index is 0.815. The first kappa shape index (κ1) is 10.3. The molecule has 0 saturated heterocycles. The van der Waals surface area contributed by atoms with Gasteiger partial charge < -0.3 is 9.50 Å². The fourth-order valence-electron chi connectivity index (χ4n) is 0.844. The summed E-state index contributed by atoms with van der Waals surface area (Å²) in [7, 11) is 0. The van der Waals surface area contributed by atoms with Gasteiger partial charge in [-0.3, -0.25) is 0 Å². The van der Waals surface area contributed by atoms with E-state index in [1.807, 2.05) is 31.2 Å². The summed E-state index contributed by atoms with van der Waals surface area (Å²) in [6.07, 6.45) is 0. The Morgan fingerprint density at radius 3 is 3.00 bits per heavy atom. The number of anilines is 1. The van der Waals surface area contributed by atoms with Gasteiger partial charge in [-0.05, 0) is 12.1 Å². The lowest BCUT2D eigenvalue weighted by molar-refractivity contribution is 0.650. The van der Waals surface area contributed by atoms with Crippen molar-refractivity contribution in [3.05, 3.63) is 24.3 Å². The third-order valence-corrected chi connectivity index (χ3v) is 2.02. The van der Waals surface area contributed by atoms with E-state index in [9.17, 15) is 0 Å². The first-order chi connectivity index (χ1) is 6.38. The van der Waals surface area contributed by atoms with Crippen molar-refractivity contribution in [1.82, 2.24) is 0 Å². The molecule has 0 saturated carbocycles. The molecular formula is C9H11NOS2. The van der Waals surface area contributed by atoms with E-state index in [1.165, 1.54) is 17.5 Å². The molecule has 70 valence electrons. The van der Waals surface area contributed by atoms with Crippen molar-refractivity contribution in [3.8, 4) is 5.75 Å². The fraction of sp³-hybridized carbons (Fsp3) is 0.222. The Morgan fingerprint density at radius 2 is 2.31 bits per heavy atom. The van der Waals surface area contributed by atoms with Crippen LogP contribution in [-0.4, -0.2) is 11.2 Å². The SMILES string of the molecule is CCSOc1ccccc1NC=S. The molecule has 0 atom stereocenters. The van der Waals surface area contributed by atoms with Crippen molar-refractivity contribution >= 4 is 35.4 Å². The smallest absolute Gasteiger partial charge is 0.160 e. The molecule has 0 unspecified atom stereocenters. The zero-order chi connectivity index (χ0) is 9.52. The molecule has 0 spiro atoms. The minimum atomic E-state index is 0.815. The summed E-state index contributed by atoms with van der Waals surface area (Å²) < 4.78 is 5.43. The first-order valence-electron chi connectivity index (χ1n) is 3.97. The van der Waals surface area contributed by atoms with Crippen molar-refractivity contribution < 1.29 is 4.18 Å². The minimum Gasteiger partial charge on any atom is -0.424 e. The van der Waals surface area contributed by atoms with E-state index in [1.54, 1.807) is 0 Å². The zero-order valence-corrected chi connectivity index (χ0v) is 8.95. The second-order valence-corrected chi connectivity index (χ2v) is 3.46. The first-order valence-corrected chi connectivity index (χ1v) is 5.35. The van der Waals surface area contributed by atoms with Gasteiger partial charge in [0.2, 0.25) is 0 Å². The van der Waals surface area contributed by atoms with E-state index < -0.39 is 0 Å². The van der Waals surface area contributed by atoms with Crippen molar-refractivity contribution in [2.75, 3.05) is 11.1 Å². The van der Waals surface area contributed by atoms with E-state index in [4.69, 9.17) is 16.4 Å². The summed E-state index contributed by atoms with van der Waals surface area (Å²) in [5, 5.41) is 2.94. The Morgan fingerprint density at radius 1 is 1.54 bits per heavy atom. The largest absolute Gasteiger partial charge is 0.424 e. The van der Waals surface area contributed by atoms with Crippen molar-refractivity contribution in [1.29, 1.82) is 0 Å². The van der Waals surface area contributed by atoms with E-state index in [2.05, 4.69) is 5.32 Å². The highest BCUT2D eigenvalue weighted by molar-refractivity contribution is 7.94. The molecule has 0 aliphatic rings. The molecule has 2 nitrogen and oxygen atoms in total. The summed E-state index contributed by atoms with van der Waals surface area (Å²) in [6.45, 7) is 2.04. The van der Waals surface area contributed by atoms with E-state index in [-0.39, 0.29) is 0 Å². The number of nitrogens with one attached hydrogen (secondary N) is 1. The fourth-order valence-corrected chi connectivity index (χ4v) is 1.36. The Labute approximate surface area is 87.9 Å². The molecule has 0 bridgehead atoms. The highest BCUT2D eigenvalue weighted by Gasteiger charge is 2.00. The predicted molar refractivity (Wildman–Crippen MR) is 62.5 cm³/mol. The van der Waals surface area contributed by atoms with Gasteiger partial charge in [-0.1, -0.05) is 31.3 Å². The van der Waals surface area contributed by atoms with Crippen LogP contribution in [0.3, 0.4) is 0 Å². The van der Waals surface area contributed by atoms with Crippen molar-refractivity contribution in [2.45, 2.75) is 6.92 Å². The average Bonchev–Trinajstić information content (AvgIpc) is 2.17. The lowest BCUT2D eigenvalue weighted by atomic mass is 10.3. The number of para-hydroxylation sites is 2. The van der Waals surface area contributed by atoms with Crippen LogP contribution in [-0.2, 0) is 0 Å². The number of rotatable bonds is 5. The standard InChI is InChI=1S/C9H11NOS2/c1-2-13-11-9-6-4-3-5-8(9)10-7-12/h3-7H,2H2,1H3,(H,10,12). The molecule has 0 radical (unpaired) electrons. The van der Waals surface area contributed by atoms with Crippen LogP contribution < -0.4 is 9.50 Å². The van der Waals surface area contributed by atoms with Crippen LogP contribution in [0.5, 0.6) is 5.75 Å². The number of thiocarbonyl (C=S) groups is 1. The monoisotopic (exact) mass is 213 g/mol. The van der Waals surface area contributed by atoms with Gasteiger partial charge in [0.1, 0.15) is 0 Å². The molecule has 0 aliphatic carbocycles. The highest BCUT2D eigenvalue weighted by Crippen LogP contribution is 2.26. The van der Waals surface area contributed by atoms with E-state index >= 15 is 0 Å². The molecule has 13 heavy (non-hydrogen) atoms. The Hall–Kier alpha value is -0.740. The molecule has 1 N–H and O–H groups in total. The molecule has 0 aliphatic heterocycles. The normalized spacial score (nSPS) is 9.31. The molecule has 4 heteroatoms. The van der Waals surface area contributed by atoms with Gasteiger partial charge in [0.15, 0.2) is 5.75 Å². The summed E-state index contributed by atoms with van der Waals surface area (Å²) in [4.78, 5) is 0. The van der Waals surface area contributed by atoms with E-state index in [0.717, 1.165) is 17.2 Å². The lowest BCUT2D eigenvalue weighted by Crippen LogP contribution is -1.94. The zero-order valence-electron chi connectivity index (χ0n) is 7.32. The Kier molecular flexibility index (Phi) is 4.64. The third-order valence-electron chi connectivity index (χ3n) is 1.37. The van der Waals surface area contributed by atoms with Crippen molar-refractivity contribution in [2.24, 2.45) is 0 Å². The van der Waals surface area contributed by atoms with Crippen LogP contribution in [0.2, 0.25) is 0 Å². The number of hydrogen-bond donors (Lipinski definition) is 1. The topological polar surface area (TPSA) is 21.3 Å². The van der Waals surface area contributed by atoms with Crippen LogP contribution in [0.15, 0.2) is 24.3 Å². The predicted octanol–water partition coefficient (Wildman–Crippen LogP) is 3.10. The van der Waals surface area contributed by atoms with Crippen molar-refractivity contribution in [3.63, 3.8) is 0 Å². The van der Waals surface area contributed by atoms with E-state index in [0.29, 0.717) is 0 Å². The molecule has 0 aromatic heterocycles. The molecule has 1 aromatic carbocycles. The second kappa shape index (κ2) is 5.83. The summed E-state index contributed by atoms with van der Waals surface area (Å²) in [5.41, 5.74) is 2.37. The Bertz CT molecular complexity index is 278. The molecule has 0 amide bonds. The number of benzene rings is 1. The maximum atomic E-state index is 5.43. The van der Waals surface area contributed by atoms with Gasteiger partial charge in [-0.25, -0.2) is 0 Å². The van der Waals surface area contributed by atoms with Gasteiger partial charge >= 0.3 is 0 Å². The summed E-state index contributed by atoms with van der Waals surface area (Å²) >= 11 is 6.12. The van der Waals surface area contributed by atoms with Crippen LogP contribution in [0.25, 0.3) is 0 Å². The van der Waals surface area contributed by atoms with Crippen LogP contribution in [0, 0.1) is 0 Å². The molecule has 1 rings (SSSR count). The average molecular weight is 213 g/mol. The quantitative estimate of drug-likeness (QED) is 0.599. The third kappa shape index (κ3) is 3.24. The Balaban J connectivity index is 2.71.